The van der Waals surface area contributed by atoms with Crippen LogP contribution < -0.4 is 15.8 Å². The highest BCUT2D eigenvalue weighted by molar-refractivity contribution is 5.94. The van der Waals surface area contributed by atoms with Crippen LogP contribution in [0.5, 0.6) is 5.75 Å². The van der Waals surface area contributed by atoms with Gasteiger partial charge in [0.2, 0.25) is 0 Å². The molecule has 0 saturated carbocycles. The van der Waals surface area contributed by atoms with Crippen molar-refractivity contribution in [2.75, 3.05) is 13.2 Å². The Bertz CT molecular complexity index is 684. The van der Waals surface area contributed by atoms with Crippen molar-refractivity contribution >= 4 is 5.91 Å². The van der Waals surface area contributed by atoms with Gasteiger partial charge in [0.05, 0.1) is 6.04 Å². The van der Waals surface area contributed by atoms with Crippen LogP contribution >= 0.6 is 0 Å². The smallest absolute Gasteiger partial charge is 0.251 e. The van der Waals surface area contributed by atoms with Gasteiger partial charge in [-0.05, 0) is 42.8 Å². The van der Waals surface area contributed by atoms with Crippen molar-refractivity contribution in [3.63, 3.8) is 0 Å². The SMILES string of the molecule is CC(NC(=O)c1ccc(OCC(F)=CCN)cc1)c1ccccc1. The standard InChI is InChI=1S/C19H21FN2O2/c1-14(15-5-3-2-4-6-15)22-19(23)16-7-9-18(10-8-16)24-13-17(20)11-12-21/h2-11,14H,12-13,21H2,1H3,(H,22,23). The van der Waals surface area contributed by atoms with Gasteiger partial charge >= 0.3 is 0 Å². The molecular formula is C19H21FN2O2. The fourth-order valence-corrected chi connectivity index (χ4v) is 2.15. The number of nitrogens with one attached hydrogen (secondary N) is 1. The number of hydrogen-bond donors (Lipinski definition) is 2. The minimum atomic E-state index is -0.420. The molecule has 0 heterocycles. The Morgan fingerprint density at radius 3 is 2.50 bits per heavy atom. The Morgan fingerprint density at radius 1 is 1.21 bits per heavy atom. The first kappa shape index (κ1) is 17.7. The van der Waals surface area contributed by atoms with E-state index in [1.54, 1.807) is 24.3 Å². The molecule has 0 saturated heterocycles. The van der Waals surface area contributed by atoms with Crippen LogP contribution in [0.1, 0.15) is 28.9 Å². The van der Waals surface area contributed by atoms with E-state index >= 15 is 0 Å². The van der Waals surface area contributed by atoms with Gasteiger partial charge in [-0.3, -0.25) is 4.79 Å². The first-order chi connectivity index (χ1) is 11.6. The number of amides is 1. The zero-order valence-corrected chi connectivity index (χ0v) is 13.5. The molecule has 2 rings (SSSR count). The monoisotopic (exact) mass is 328 g/mol. The van der Waals surface area contributed by atoms with Crippen molar-refractivity contribution < 1.29 is 13.9 Å². The molecule has 0 radical (unpaired) electrons. The van der Waals surface area contributed by atoms with Crippen LogP contribution in [0.15, 0.2) is 66.5 Å². The van der Waals surface area contributed by atoms with Crippen LogP contribution in [0.4, 0.5) is 4.39 Å². The van der Waals surface area contributed by atoms with Crippen LogP contribution in [0, 0.1) is 0 Å². The lowest BCUT2D eigenvalue weighted by molar-refractivity contribution is 0.0940. The lowest BCUT2D eigenvalue weighted by atomic mass is 10.1. The first-order valence-electron chi connectivity index (χ1n) is 7.73. The summed E-state index contributed by atoms with van der Waals surface area (Å²) in [5.41, 5.74) is 6.77. The molecule has 2 aromatic rings. The van der Waals surface area contributed by atoms with Gasteiger partial charge in [-0.1, -0.05) is 30.3 Å². The minimum absolute atomic E-state index is 0.0925. The molecule has 0 aliphatic rings. The third kappa shape index (κ3) is 5.21. The number of carbonyl (C=O) groups is 1. The van der Waals surface area contributed by atoms with Gasteiger partial charge in [-0.25, -0.2) is 4.39 Å². The van der Waals surface area contributed by atoms with Crippen LogP contribution in [-0.4, -0.2) is 19.1 Å². The molecule has 0 bridgehead atoms. The van der Waals surface area contributed by atoms with Crippen molar-refractivity contribution in [3.05, 3.63) is 77.6 Å². The molecule has 0 aliphatic carbocycles. The number of rotatable bonds is 7. The summed E-state index contributed by atoms with van der Waals surface area (Å²) in [6, 6.07) is 16.2. The maximum absolute atomic E-state index is 13.2. The molecule has 126 valence electrons. The minimum Gasteiger partial charge on any atom is -0.487 e. The van der Waals surface area contributed by atoms with E-state index in [0.29, 0.717) is 11.3 Å². The van der Waals surface area contributed by atoms with Gasteiger partial charge in [0.1, 0.15) is 18.2 Å². The molecule has 3 N–H and O–H groups in total. The summed E-state index contributed by atoms with van der Waals surface area (Å²) in [6.07, 6.45) is 1.26. The second-order valence-corrected chi connectivity index (χ2v) is 5.31. The number of ether oxygens (including phenoxy) is 1. The van der Waals surface area contributed by atoms with Crippen LogP contribution in [0.2, 0.25) is 0 Å². The highest BCUT2D eigenvalue weighted by Crippen LogP contribution is 2.16. The van der Waals surface area contributed by atoms with Gasteiger partial charge in [-0.2, -0.15) is 0 Å². The fourth-order valence-electron chi connectivity index (χ4n) is 2.15. The lowest BCUT2D eigenvalue weighted by Crippen LogP contribution is -2.26. The van der Waals surface area contributed by atoms with E-state index in [-0.39, 0.29) is 25.1 Å². The second kappa shape index (κ2) is 8.84. The normalized spacial score (nSPS) is 12.5. The maximum Gasteiger partial charge on any atom is 0.251 e. The molecule has 0 spiro atoms. The lowest BCUT2D eigenvalue weighted by Gasteiger charge is -2.14. The van der Waals surface area contributed by atoms with E-state index in [4.69, 9.17) is 10.5 Å². The first-order valence-corrected chi connectivity index (χ1v) is 7.73. The van der Waals surface area contributed by atoms with Gasteiger partial charge in [0, 0.05) is 12.1 Å². The van der Waals surface area contributed by atoms with E-state index in [0.717, 1.165) is 5.56 Å². The van der Waals surface area contributed by atoms with E-state index < -0.39 is 5.83 Å². The summed E-state index contributed by atoms with van der Waals surface area (Å²) >= 11 is 0. The third-order valence-corrected chi connectivity index (χ3v) is 3.48. The quantitative estimate of drug-likeness (QED) is 0.819. The summed E-state index contributed by atoms with van der Waals surface area (Å²) < 4.78 is 18.5. The summed E-state index contributed by atoms with van der Waals surface area (Å²) in [6.45, 7) is 1.89. The van der Waals surface area contributed by atoms with Gasteiger partial charge < -0.3 is 15.8 Å². The van der Waals surface area contributed by atoms with Crippen molar-refractivity contribution in [2.45, 2.75) is 13.0 Å². The zero-order valence-electron chi connectivity index (χ0n) is 13.5. The molecule has 24 heavy (non-hydrogen) atoms. The molecule has 0 aromatic heterocycles. The van der Waals surface area contributed by atoms with Gasteiger partial charge in [0.25, 0.3) is 5.91 Å². The molecule has 1 atom stereocenters. The van der Waals surface area contributed by atoms with Crippen LogP contribution in [-0.2, 0) is 0 Å². The van der Waals surface area contributed by atoms with E-state index in [1.807, 2.05) is 37.3 Å². The van der Waals surface area contributed by atoms with Crippen molar-refractivity contribution in [2.24, 2.45) is 5.73 Å². The molecule has 0 aliphatic heterocycles. The van der Waals surface area contributed by atoms with Crippen molar-refractivity contribution in [1.29, 1.82) is 0 Å². The van der Waals surface area contributed by atoms with Gasteiger partial charge in [0.15, 0.2) is 0 Å². The van der Waals surface area contributed by atoms with Crippen LogP contribution in [0.3, 0.4) is 0 Å². The molecule has 4 nitrogen and oxygen atoms in total. The Hall–Kier alpha value is -2.66. The highest BCUT2D eigenvalue weighted by Gasteiger charge is 2.11. The zero-order chi connectivity index (χ0) is 17.4. The summed E-state index contributed by atoms with van der Waals surface area (Å²) in [4.78, 5) is 12.3. The highest BCUT2D eigenvalue weighted by atomic mass is 19.1. The van der Waals surface area contributed by atoms with E-state index in [9.17, 15) is 9.18 Å². The summed E-state index contributed by atoms with van der Waals surface area (Å²) in [7, 11) is 0. The molecule has 2 aromatic carbocycles. The van der Waals surface area contributed by atoms with Crippen LogP contribution in [0.25, 0.3) is 0 Å². The van der Waals surface area contributed by atoms with E-state index in [2.05, 4.69) is 5.32 Å². The maximum atomic E-state index is 13.2. The Morgan fingerprint density at radius 2 is 1.88 bits per heavy atom. The topological polar surface area (TPSA) is 64.3 Å². The fraction of sp³-hybridized carbons (Fsp3) is 0.211. The summed E-state index contributed by atoms with van der Waals surface area (Å²) in [5, 5.41) is 2.94. The number of carbonyl (C=O) groups excluding carboxylic acids is 1. The second-order valence-electron chi connectivity index (χ2n) is 5.31. The summed E-state index contributed by atoms with van der Waals surface area (Å²) in [5.74, 6) is -0.105. The predicted molar refractivity (Wildman–Crippen MR) is 92.5 cm³/mol. The van der Waals surface area contributed by atoms with Crippen molar-refractivity contribution in [3.8, 4) is 5.75 Å². The number of nitrogens with two attached hydrogens (primary N) is 1. The molecule has 0 fully saturated rings. The largest absolute Gasteiger partial charge is 0.487 e. The number of hydrogen-bond acceptors (Lipinski definition) is 3. The number of halogens is 1. The van der Waals surface area contributed by atoms with Gasteiger partial charge in [-0.15, -0.1) is 0 Å². The molecule has 1 amide bonds. The number of benzene rings is 2. The Labute approximate surface area is 141 Å². The molecule has 5 heteroatoms. The average molecular weight is 328 g/mol. The average Bonchev–Trinajstić information content (AvgIpc) is 2.61. The third-order valence-electron chi connectivity index (χ3n) is 3.48. The van der Waals surface area contributed by atoms with Crippen molar-refractivity contribution in [1.82, 2.24) is 5.32 Å². The molecular weight excluding hydrogens is 307 g/mol. The Balaban J connectivity index is 1.92. The predicted octanol–water partition coefficient (Wildman–Crippen LogP) is 3.37. The molecule has 1 unspecified atom stereocenters. The Kier molecular flexibility index (Phi) is 6.51. The van der Waals surface area contributed by atoms with E-state index in [1.165, 1.54) is 6.08 Å².